The number of amides is 1. The van der Waals surface area contributed by atoms with Crippen LogP contribution < -0.4 is 15.6 Å². The van der Waals surface area contributed by atoms with Crippen molar-refractivity contribution in [3.63, 3.8) is 0 Å². The van der Waals surface area contributed by atoms with Crippen molar-refractivity contribution in [1.82, 2.24) is 14.9 Å². The van der Waals surface area contributed by atoms with Gasteiger partial charge in [0, 0.05) is 30.3 Å². The van der Waals surface area contributed by atoms with Crippen molar-refractivity contribution < 1.29 is 18.7 Å². The molecule has 0 saturated heterocycles. The highest BCUT2D eigenvalue weighted by Crippen LogP contribution is 2.15. The molecule has 1 aromatic heterocycles. The highest BCUT2D eigenvalue weighted by molar-refractivity contribution is 5.94. The summed E-state index contributed by atoms with van der Waals surface area (Å²) < 4.78 is 19.7. The van der Waals surface area contributed by atoms with Crippen LogP contribution in [0.15, 0.2) is 65.7 Å². The van der Waals surface area contributed by atoms with Crippen LogP contribution in [0.25, 0.3) is 11.3 Å². The van der Waals surface area contributed by atoms with Crippen molar-refractivity contribution in [3.05, 3.63) is 82.7 Å². The summed E-state index contributed by atoms with van der Waals surface area (Å²) in [5.41, 5.74) is 1.38. The first-order valence-corrected chi connectivity index (χ1v) is 9.25. The Morgan fingerprint density at radius 2 is 1.80 bits per heavy atom. The van der Waals surface area contributed by atoms with Gasteiger partial charge >= 0.3 is 0 Å². The van der Waals surface area contributed by atoms with Gasteiger partial charge in [-0.2, -0.15) is 0 Å². The Balaban J connectivity index is 1.47. The zero-order valence-electron chi connectivity index (χ0n) is 16.3. The van der Waals surface area contributed by atoms with Crippen LogP contribution in [-0.2, 0) is 11.3 Å². The van der Waals surface area contributed by atoms with E-state index in [9.17, 15) is 18.8 Å². The number of aromatic nitrogens is 2. The first-order valence-electron chi connectivity index (χ1n) is 9.25. The molecule has 0 unspecified atom stereocenters. The van der Waals surface area contributed by atoms with Crippen LogP contribution >= 0.6 is 0 Å². The van der Waals surface area contributed by atoms with E-state index in [1.807, 2.05) is 0 Å². The Morgan fingerprint density at radius 3 is 2.43 bits per heavy atom. The molecule has 0 spiro atoms. The number of carbonyl (C=O) groups is 2. The Morgan fingerprint density at radius 1 is 1.10 bits per heavy atom. The molecule has 0 aliphatic carbocycles. The molecular formula is C22H20FN3O4. The van der Waals surface area contributed by atoms with E-state index in [0.29, 0.717) is 22.6 Å². The number of halogens is 1. The number of nitrogens with zero attached hydrogens (tertiary/aromatic N) is 2. The van der Waals surface area contributed by atoms with E-state index in [4.69, 9.17) is 4.74 Å². The number of rotatable bonds is 8. The zero-order valence-corrected chi connectivity index (χ0v) is 16.3. The number of hydrogen-bond donors (Lipinski definition) is 1. The Kier molecular flexibility index (Phi) is 6.69. The Bertz CT molecular complexity index is 1090. The fourth-order valence-electron chi connectivity index (χ4n) is 2.67. The fraction of sp³-hybridized carbons (Fsp3) is 0.182. The van der Waals surface area contributed by atoms with Gasteiger partial charge in [0.15, 0.2) is 12.4 Å². The van der Waals surface area contributed by atoms with Crippen molar-refractivity contribution in [2.24, 2.45) is 0 Å². The first kappa shape index (κ1) is 20.9. The SMILES string of the molecule is CC(=O)c1ccc(OCC(=O)NCCn2cnc(-c3ccc(F)cc3)cc2=O)cc1. The quantitative estimate of drug-likeness (QED) is 0.577. The fourth-order valence-corrected chi connectivity index (χ4v) is 2.67. The van der Waals surface area contributed by atoms with Gasteiger partial charge in [0.25, 0.3) is 11.5 Å². The second kappa shape index (κ2) is 9.60. The number of hydrogen-bond acceptors (Lipinski definition) is 5. The number of Topliss-reactive ketones (excluding diaryl/α,β-unsaturated/α-hetero) is 1. The average molecular weight is 409 g/mol. The van der Waals surface area contributed by atoms with Crippen molar-refractivity contribution in [1.29, 1.82) is 0 Å². The van der Waals surface area contributed by atoms with Gasteiger partial charge in [-0.15, -0.1) is 0 Å². The van der Waals surface area contributed by atoms with E-state index in [0.717, 1.165) is 0 Å². The zero-order chi connectivity index (χ0) is 21.5. The van der Waals surface area contributed by atoms with Crippen molar-refractivity contribution in [3.8, 4) is 17.0 Å². The highest BCUT2D eigenvalue weighted by Gasteiger charge is 2.06. The monoisotopic (exact) mass is 409 g/mol. The molecule has 30 heavy (non-hydrogen) atoms. The summed E-state index contributed by atoms with van der Waals surface area (Å²) in [7, 11) is 0. The van der Waals surface area contributed by atoms with E-state index < -0.39 is 0 Å². The summed E-state index contributed by atoms with van der Waals surface area (Å²) in [5, 5.41) is 2.66. The van der Waals surface area contributed by atoms with Crippen molar-refractivity contribution >= 4 is 11.7 Å². The molecule has 1 heterocycles. The molecule has 2 aromatic carbocycles. The van der Waals surface area contributed by atoms with Gasteiger partial charge in [-0.25, -0.2) is 9.37 Å². The van der Waals surface area contributed by atoms with Crippen LogP contribution in [0.2, 0.25) is 0 Å². The molecule has 8 heteroatoms. The summed E-state index contributed by atoms with van der Waals surface area (Å²) in [4.78, 5) is 39.6. The number of benzene rings is 2. The third-order valence-corrected chi connectivity index (χ3v) is 4.33. The molecule has 1 N–H and O–H groups in total. The summed E-state index contributed by atoms with van der Waals surface area (Å²) in [6, 6.07) is 13.6. The molecule has 0 aliphatic rings. The van der Waals surface area contributed by atoms with Gasteiger partial charge in [0.2, 0.25) is 0 Å². The first-order chi connectivity index (χ1) is 14.4. The minimum absolute atomic E-state index is 0.0466. The molecule has 154 valence electrons. The Labute approximate surface area is 172 Å². The van der Waals surface area contributed by atoms with Crippen molar-refractivity contribution in [2.75, 3.05) is 13.2 Å². The third kappa shape index (κ3) is 5.60. The normalized spacial score (nSPS) is 10.5. The van der Waals surface area contributed by atoms with Gasteiger partial charge in [-0.05, 0) is 55.5 Å². The van der Waals surface area contributed by atoms with Gasteiger partial charge in [-0.1, -0.05) is 0 Å². The van der Waals surface area contributed by atoms with Crippen LogP contribution in [0, 0.1) is 5.82 Å². The predicted molar refractivity (Wildman–Crippen MR) is 109 cm³/mol. The standard InChI is InChI=1S/C22H20FN3O4/c1-15(27)16-4-8-19(9-5-16)30-13-21(28)24-10-11-26-14-25-20(12-22(26)29)17-2-6-18(23)7-3-17/h2-9,12,14H,10-11,13H2,1H3,(H,24,28). The maximum atomic E-state index is 13.0. The van der Waals surface area contributed by atoms with Crippen LogP contribution in [0.1, 0.15) is 17.3 Å². The summed E-state index contributed by atoms with van der Waals surface area (Å²) in [6.45, 7) is 1.76. The molecule has 0 fully saturated rings. The van der Waals surface area contributed by atoms with Crippen LogP contribution in [0.3, 0.4) is 0 Å². The summed E-state index contributed by atoms with van der Waals surface area (Å²) in [5.74, 6) is -0.267. The van der Waals surface area contributed by atoms with Crippen LogP contribution in [0.4, 0.5) is 4.39 Å². The van der Waals surface area contributed by atoms with Gasteiger partial charge in [-0.3, -0.25) is 19.0 Å². The molecule has 0 bridgehead atoms. The second-order valence-electron chi connectivity index (χ2n) is 6.53. The smallest absolute Gasteiger partial charge is 0.258 e. The van der Waals surface area contributed by atoms with Gasteiger partial charge in [0.05, 0.1) is 12.0 Å². The van der Waals surface area contributed by atoms with E-state index in [1.54, 1.807) is 36.4 Å². The van der Waals surface area contributed by atoms with E-state index >= 15 is 0 Å². The summed E-state index contributed by atoms with van der Waals surface area (Å²) >= 11 is 0. The lowest BCUT2D eigenvalue weighted by Crippen LogP contribution is -2.33. The maximum Gasteiger partial charge on any atom is 0.258 e. The molecule has 1 amide bonds. The highest BCUT2D eigenvalue weighted by atomic mass is 19.1. The Hall–Kier alpha value is -3.81. The van der Waals surface area contributed by atoms with Gasteiger partial charge < -0.3 is 10.1 Å². The molecule has 0 saturated carbocycles. The lowest BCUT2D eigenvalue weighted by molar-refractivity contribution is -0.123. The van der Waals surface area contributed by atoms with E-state index in [-0.39, 0.29) is 42.8 Å². The summed E-state index contributed by atoms with van der Waals surface area (Å²) in [6.07, 6.45) is 1.39. The van der Waals surface area contributed by atoms with Crippen LogP contribution in [-0.4, -0.2) is 34.4 Å². The number of ketones is 1. The molecule has 0 atom stereocenters. The number of nitrogens with one attached hydrogen (secondary N) is 1. The lowest BCUT2D eigenvalue weighted by Gasteiger charge is -2.09. The molecule has 3 aromatic rings. The predicted octanol–water partition coefficient (Wildman–Crippen LogP) is 2.45. The number of ether oxygens (including phenoxy) is 1. The van der Waals surface area contributed by atoms with Gasteiger partial charge in [0.1, 0.15) is 11.6 Å². The molecule has 0 radical (unpaired) electrons. The van der Waals surface area contributed by atoms with E-state index in [2.05, 4.69) is 10.3 Å². The lowest BCUT2D eigenvalue weighted by atomic mass is 10.1. The second-order valence-corrected chi connectivity index (χ2v) is 6.53. The molecule has 7 nitrogen and oxygen atoms in total. The maximum absolute atomic E-state index is 13.0. The average Bonchev–Trinajstić information content (AvgIpc) is 2.74. The molecule has 0 aliphatic heterocycles. The minimum atomic E-state index is -0.361. The third-order valence-electron chi connectivity index (χ3n) is 4.33. The number of carbonyl (C=O) groups excluding carboxylic acids is 2. The minimum Gasteiger partial charge on any atom is -0.484 e. The molecule has 3 rings (SSSR count). The largest absolute Gasteiger partial charge is 0.484 e. The van der Waals surface area contributed by atoms with E-state index in [1.165, 1.54) is 36.0 Å². The van der Waals surface area contributed by atoms with Crippen molar-refractivity contribution in [2.45, 2.75) is 13.5 Å². The molecular weight excluding hydrogens is 389 g/mol. The van der Waals surface area contributed by atoms with Crippen LogP contribution in [0.5, 0.6) is 5.75 Å². The topological polar surface area (TPSA) is 90.3 Å².